The highest BCUT2D eigenvalue weighted by atomic mass is 19.1. The zero-order chi connectivity index (χ0) is 16.4. The normalized spacial score (nSPS) is 11.9. The summed E-state index contributed by atoms with van der Waals surface area (Å²) in [5, 5.41) is 12.6. The van der Waals surface area contributed by atoms with E-state index in [2.05, 4.69) is 10.3 Å². The fourth-order valence-electron chi connectivity index (χ4n) is 2.32. The summed E-state index contributed by atoms with van der Waals surface area (Å²) in [6, 6.07) is 10.3. The number of amides is 1. The molecule has 0 radical (unpaired) electrons. The van der Waals surface area contributed by atoms with Gasteiger partial charge in [-0.1, -0.05) is 12.1 Å². The van der Waals surface area contributed by atoms with Crippen LogP contribution >= 0.6 is 0 Å². The van der Waals surface area contributed by atoms with Gasteiger partial charge in [-0.3, -0.25) is 4.79 Å². The zero-order valence-corrected chi connectivity index (χ0v) is 11.8. The second-order valence-electron chi connectivity index (χ2n) is 4.98. The van der Waals surface area contributed by atoms with Crippen molar-refractivity contribution in [3.63, 3.8) is 0 Å². The number of halogens is 2. The molecule has 2 aromatic carbocycles. The Hall–Kier alpha value is -3.20. The molecular weight excluding hydrogens is 300 g/mol. The van der Waals surface area contributed by atoms with Gasteiger partial charge < -0.3 is 10.3 Å². The number of H-pyrrole nitrogens is 1. The number of benzene rings is 2. The van der Waals surface area contributed by atoms with Crippen molar-refractivity contribution in [2.24, 2.45) is 0 Å². The maximum absolute atomic E-state index is 13.8. The van der Waals surface area contributed by atoms with Gasteiger partial charge in [0.05, 0.1) is 6.07 Å². The Labute approximate surface area is 130 Å². The van der Waals surface area contributed by atoms with E-state index in [9.17, 15) is 18.8 Å². The van der Waals surface area contributed by atoms with Crippen LogP contribution in [0, 0.1) is 23.0 Å². The standard InChI is InChI=1S/C17H11F2N3O/c18-12-3-4-13(14(19)8-12)16(9-20)22-17(23)11-2-1-10-5-6-21-15(10)7-11/h1-8,16,21H,(H,22,23). The summed E-state index contributed by atoms with van der Waals surface area (Å²) >= 11 is 0. The summed E-state index contributed by atoms with van der Waals surface area (Å²) in [5.41, 5.74) is 1.03. The van der Waals surface area contributed by atoms with Crippen LogP contribution < -0.4 is 5.32 Å². The van der Waals surface area contributed by atoms with Gasteiger partial charge in [0.25, 0.3) is 5.91 Å². The number of nitriles is 1. The van der Waals surface area contributed by atoms with Crippen molar-refractivity contribution in [2.75, 3.05) is 0 Å². The van der Waals surface area contributed by atoms with Gasteiger partial charge in [-0.25, -0.2) is 8.78 Å². The number of nitrogens with zero attached hydrogens (tertiary/aromatic N) is 1. The molecule has 1 aromatic heterocycles. The molecule has 0 aliphatic carbocycles. The molecule has 0 saturated heterocycles. The minimum absolute atomic E-state index is 0.0804. The molecule has 0 spiro atoms. The lowest BCUT2D eigenvalue weighted by atomic mass is 10.1. The average Bonchev–Trinajstić information content (AvgIpc) is 3.00. The quantitative estimate of drug-likeness (QED) is 0.778. The lowest BCUT2D eigenvalue weighted by molar-refractivity contribution is 0.0945. The Bertz CT molecular complexity index is 927. The molecule has 4 nitrogen and oxygen atoms in total. The highest BCUT2D eigenvalue weighted by molar-refractivity contribution is 5.98. The molecule has 114 valence electrons. The first-order valence-corrected chi connectivity index (χ1v) is 6.81. The van der Waals surface area contributed by atoms with Crippen LogP contribution in [0.15, 0.2) is 48.7 Å². The van der Waals surface area contributed by atoms with E-state index in [-0.39, 0.29) is 5.56 Å². The maximum atomic E-state index is 13.8. The van der Waals surface area contributed by atoms with Gasteiger partial charge in [-0.15, -0.1) is 0 Å². The third-order valence-electron chi connectivity index (χ3n) is 3.50. The van der Waals surface area contributed by atoms with Crippen molar-refractivity contribution in [1.29, 1.82) is 5.26 Å². The first-order chi connectivity index (χ1) is 11.1. The van der Waals surface area contributed by atoms with Gasteiger partial charge in [-0.05, 0) is 29.7 Å². The van der Waals surface area contributed by atoms with E-state index < -0.39 is 23.6 Å². The van der Waals surface area contributed by atoms with Crippen molar-refractivity contribution >= 4 is 16.8 Å². The van der Waals surface area contributed by atoms with Crippen LogP contribution in [0.5, 0.6) is 0 Å². The lowest BCUT2D eigenvalue weighted by Crippen LogP contribution is -2.28. The molecule has 23 heavy (non-hydrogen) atoms. The summed E-state index contributed by atoms with van der Waals surface area (Å²) < 4.78 is 26.7. The van der Waals surface area contributed by atoms with Gasteiger partial charge in [0.2, 0.25) is 0 Å². The van der Waals surface area contributed by atoms with Crippen LogP contribution in [0.1, 0.15) is 22.0 Å². The summed E-state index contributed by atoms with van der Waals surface area (Å²) in [6.07, 6.45) is 1.75. The first-order valence-electron chi connectivity index (χ1n) is 6.81. The molecule has 1 atom stereocenters. The van der Waals surface area contributed by atoms with E-state index in [1.807, 2.05) is 12.1 Å². The van der Waals surface area contributed by atoms with Crippen LogP contribution in [0.4, 0.5) is 8.78 Å². The predicted molar refractivity (Wildman–Crippen MR) is 80.5 cm³/mol. The van der Waals surface area contributed by atoms with Crippen molar-refractivity contribution in [1.82, 2.24) is 10.3 Å². The number of hydrogen-bond donors (Lipinski definition) is 2. The molecule has 3 aromatic rings. The fraction of sp³-hybridized carbons (Fsp3) is 0.0588. The zero-order valence-electron chi connectivity index (χ0n) is 11.8. The predicted octanol–water partition coefficient (Wildman–Crippen LogP) is 3.44. The molecule has 1 amide bonds. The molecule has 0 aliphatic heterocycles. The Balaban J connectivity index is 1.86. The number of carbonyl (C=O) groups excluding carboxylic acids is 1. The van der Waals surface area contributed by atoms with E-state index in [0.717, 1.165) is 23.0 Å². The second kappa shape index (κ2) is 5.89. The highest BCUT2D eigenvalue weighted by Crippen LogP contribution is 2.19. The van der Waals surface area contributed by atoms with E-state index in [1.54, 1.807) is 24.4 Å². The summed E-state index contributed by atoms with van der Waals surface area (Å²) in [5.74, 6) is -2.14. The Morgan fingerprint density at radius 2 is 2.00 bits per heavy atom. The van der Waals surface area contributed by atoms with Gasteiger partial charge in [0.1, 0.15) is 17.7 Å². The van der Waals surface area contributed by atoms with Crippen molar-refractivity contribution in [2.45, 2.75) is 6.04 Å². The SMILES string of the molecule is N#CC(NC(=O)c1ccc2cc[nH]c2c1)c1ccc(F)cc1F. The lowest BCUT2D eigenvalue weighted by Gasteiger charge is -2.13. The molecule has 0 fully saturated rings. The Kier molecular flexibility index (Phi) is 3.77. The van der Waals surface area contributed by atoms with Crippen molar-refractivity contribution in [3.05, 3.63) is 71.4 Å². The first kappa shape index (κ1) is 14.7. The van der Waals surface area contributed by atoms with Crippen LogP contribution in [0.2, 0.25) is 0 Å². The van der Waals surface area contributed by atoms with E-state index in [4.69, 9.17) is 0 Å². The number of fused-ring (bicyclic) bond motifs is 1. The molecule has 1 heterocycles. The smallest absolute Gasteiger partial charge is 0.252 e. The number of rotatable bonds is 3. The van der Waals surface area contributed by atoms with Crippen LogP contribution in [-0.4, -0.2) is 10.9 Å². The minimum Gasteiger partial charge on any atom is -0.361 e. The molecule has 0 saturated carbocycles. The number of hydrogen-bond acceptors (Lipinski definition) is 2. The number of aromatic nitrogens is 1. The fourth-order valence-corrected chi connectivity index (χ4v) is 2.32. The van der Waals surface area contributed by atoms with Crippen LogP contribution in [-0.2, 0) is 0 Å². The van der Waals surface area contributed by atoms with Gasteiger partial charge >= 0.3 is 0 Å². The number of carbonyl (C=O) groups is 1. The topological polar surface area (TPSA) is 68.7 Å². The molecular formula is C17H11F2N3O. The van der Waals surface area contributed by atoms with Crippen molar-refractivity contribution in [3.8, 4) is 6.07 Å². The second-order valence-corrected chi connectivity index (χ2v) is 4.98. The summed E-state index contributed by atoms with van der Waals surface area (Å²) in [4.78, 5) is 15.2. The number of aromatic amines is 1. The van der Waals surface area contributed by atoms with Gasteiger partial charge in [-0.2, -0.15) is 5.26 Å². The average molecular weight is 311 g/mol. The third-order valence-corrected chi connectivity index (χ3v) is 3.50. The molecule has 0 aliphatic rings. The molecule has 1 unspecified atom stereocenters. The Morgan fingerprint density at radius 3 is 2.74 bits per heavy atom. The van der Waals surface area contributed by atoms with E-state index in [1.165, 1.54) is 0 Å². The molecule has 3 rings (SSSR count). The van der Waals surface area contributed by atoms with Crippen molar-refractivity contribution < 1.29 is 13.6 Å². The number of nitrogens with one attached hydrogen (secondary N) is 2. The third kappa shape index (κ3) is 2.90. The summed E-state index contributed by atoms with van der Waals surface area (Å²) in [6.45, 7) is 0. The molecule has 0 bridgehead atoms. The van der Waals surface area contributed by atoms with Crippen LogP contribution in [0.3, 0.4) is 0 Å². The molecule has 2 N–H and O–H groups in total. The highest BCUT2D eigenvalue weighted by Gasteiger charge is 2.19. The van der Waals surface area contributed by atoms with Crippen LogP contribution in [0.25, 0.3) is 10.9 Å². The Morgan fingerprint density at radius 1 is 1.17 bits per heavy atom. The monoisotopic (exact) mass is 311 g/mol. The van der Waals surface area contributed by atoms with Gasteiger partial charge in [0, 0.05) is 28.9 Å². The maximum Gasteiger partial charge on any atom is 0.252 e. The minimum atomic E-state index is -1.21. The molecule has 6 heteroatoms. The van der Waals surface area contributed by atoms with Gasteiger partial charge in [0.15, 0.2) is 0 Å². The largest absolute Gasteiger partial charge is 0.361 e. The van der Waals surface area contributed by atoms with E-state index in [0.29, 0.717) is 11.6 Å². The van der Waals surface area contributed by atoms with E-state index >= 15 is 0 Å². The summed E-state index contributed by atoms with van der Waals surface area (Å²) in [7, 11) is 0.